The van der Waals surface area contributed by atoms with Gasteiger partial charge in [-0.1, -0.05) is 36.4 Å². The molecule has 0 heterocycles. The van der Waals surface area contributed by atoms with Crippen LogP contribution in [0.2, 0.25) is 0 Å². The SMILES string of the molecule is CSc1ccccc1C(=O)N[C@@H]1CCCc2ccccc21. The standard InChI is InChI=1S/C18H19NOS/c1-21-17-12-5-4-10-15(17)18(20)19-16-11-6-8-13-7-2-3-9-14(13)16/h2-5,7,9-10,12,16H,6,8,11H2,1H3,(H,19,20)/t16-/m1/s1. The van der Waals surface area contributed by atoms with Gasteiger partial charge in [0.25, 0.3) is 5.91 Å². The fraction of sp³-hybridized carbons (Fsp3) is 0.278. The van der Waals surface area contributed by atoms with Crippen molar-refractivity contribution < 1.29 is 4.79 Å². The number of benzene rings is 2. The smallest absolute Gasteiger partial charge is 0.252 e. The average molecular weight is 297 g/mol. The number of amides is 1. The molecule has 1 amide bonds. The van der Waals surface area contributed by atoms with Crippen molar-refractivity contribution in [1.29, 1.82) is 0 Å². The van der Waals surface area contributed by atoms with Gasteiger partial charge in [0.2, 0.25) is 0 Å². The first-order valence-electron chi connectivity index (χ1n) is 7.31. The van der Waals surface area contributed by atoms with Crippen molar-refractivity contribution in [3.8, 4) is 0 Å². The zero-order valence-electron chi connectivity index (χ0n) is 12.1. The van der Waals surface area contributed by atoms with Crippen LogP contribution in [0.3, 0.4) is 0 Å². The third kappa shape index (κ3) is 2.98. The predicted octanol–water partition coefficient (Wildman–Crippen LogP) is 4.22. The van der Waals surface area contributed by atoms with E-state index < -0.39 is 0 Å². The number of fused-ring (bicyclic) bond motifs is 1. The van der Waals surface area contributed by atoms with Crippen molar-refractivity contribution >= 4 is 17.7 Å². The predicted molar refractivity (Wildman–Crippen MR) is 87.8 cm³/mol. The number of aryl methyl sites for hydroxylation is 1. The van der Waals surface area contributed by atoms with E-state index in [1.807, 2.05) is 30.5 Å². The van der Waals surface area contributed by atoms with Crippen LogP contribution in [0, 0.1) is 0 Å². The topological polar surface area (TPSA) is 29.1 Å². The Hall–Kier alpha value is -1.74. The third-order valence-corrected chi connectivity index (χ3v) is 4.82. The molecule has 21 heavy (non-hydrogen) atoms. The van der Waals surface area contributed by atoms with Gasteiger partial charge in [-0.2, -0.15) is 0 Å². The van der Waals surface area contributed by atoms with Gasteiger partial charge in [-0.25, -0.2) is 0 Å². The van der Waals surface area contributed by atoms with Gasteiger partial charge < -0.3 is 5.32 Å². The van der Waals surface area contributed by atoms with E-state index in [-0.39, 0.29) is 11.9 Å². The number of carbonyl (C=O) groups excluding carboxylic acids is 1. The fourth-order valence-electron chi connectivity index (χ4n) is 2.97. The van der Waals surface area contributed by atoms with Gasteiger partial charge in [0.15, 0.2) is 0 Å². The Kier molecular flexibility index (Phi) is 4.30. The van der Waals surface area contributed by atoms with E-state index in [2.05, 4.69) is 29.6 Å². The van der Waals surface area contributed by atoms with E-state index in [9.17, 15) is 4.79 Å². The summed E-state index contributed by atoms with van der Waals surface area (Å²) in [7, 11) is 0. The van der Waals surface area contributed by atoms with Crippen LogP contribution in [0.25, 0.3) is 0 Å². The first kappa shape index (κ1) is 14.2. The minimum atomic E-state index is 0.0293. The maximum Gasteiger partial charge on any atom is 0.252 e. The summed E-state index contributed by atoms with van der Waals surface area (Å²) in [6, 6.07) is 16.4. The second kappa shape index (κ2) is 6.35. The second-order valence-electron chi connectivity index (χ2n) is 5.32. The Bertz CT molecular complexity index is 653. The van der Waals surface area contributed by atoms with E-state index in [1.165, 1.54) is 11.1 Å². The summed E-state index contributed by atoms with van der Waals surface area (Å²) in [6.45, 7) is 0. The molecule has 3 heteroatoms. The Morgan fingerprint density at radius 1 is 1.14 bits per heavy atom. The molecule has 0 saturated heterocycles. The molecule has 1 N–H and O–H groups in total. The highest BCUT2D eigenvalue weighted by atomic mass is 32.2. The first-order chi connectivity index (χ1) is 10.3. The molecule has 3 rings (SSSR count). The summed E-state index contributed by atoms with van der Waals surface area (Å²) < 4.78 is 0. The van der Waals surface area contributed by atoms with Crippen molar-refractivity contribution in [2.45, 2.75) is 30.2 Å². The Balaban J connectivity index is 1.83. The lowest BCUT2D eigenvalue weighted by molar-refractivity contribution is 0.0930. The first-order valence-corrected chi connectivity index (χ1v) is 8.54. The monoisotopic (exact) mass is 297 g/mol. The minimum absolute atomic E-state index is 0.0293. The summed E-state index contributed by atoms with van der Waals surface area (Å²) in [5.41, 5.74) is 3.42. The molecule has 2 aromatic carbocycles. The lowest BCUT2D eigenvalue weighted by Gasteiger charge is -2.26. The molecule has 1 aliphatic rings. The minimum Gasteiger partial charge on any atom is -0.345 e. The highest BCUT2D eigenvalue weighted by molar-refractivity contribution is 7.98. The number of carbonyl (C=O) groups is 1. The molecular formula is C18H19NOS. The molecule has 108 valence electrons. The van der Waals surface area contributed by atoms with Crippen LogP contribution in [0.15, 0.2) is 53.4 Å². The van der Waals surface area contributed by atoms with Crippen LogP contribution in [0.5, 0.6) is 0 Å². The van der Waals surface area contributed by atoms with Crippen LogP contribution < -0.4 is 5.32 Å². The summed E-state index contributed by atoms with van der Waals surface area (Å²) in [5.74, 6) is 0.0293. The van der Waals surface area contributed by atoms with E-state index in [4.69, 9.17) is 0 Å². The van der Waals surface area contributed by atoms with Crippen LogP contribution in [0.1, 0.15) is 40.4 Å². The van der Waals surface area contributed by atoms with Gasteiger partial charge in [-0.15, -0.1) is 11.8 Å². The van der Waals surface area contributed by atoms with Crippen molar-refractivity contribution in [3.05, 3.63) is 65.2 Å². The quantitative estimate of drug-likeness (QED) is 0.860. The lowest BCUT2D eigenvalue weighted by atomic mass is 9.87. The molecule has 0 bridgehead atoms. The molecule has 0 aliphatic heterocycles. The van der Waals surface area contributed by atoms with Crippen LogP contribution >= 0.6 is 11.8 Å². The maximum absolute atomic E-state index is 12.6. The Labute approximate surface area is 130 Å². The molecule has 2 aromatic rings. The zero-order chi connectivity index (χ0) is 14.7. The Morgan fingerprint density at radius 2 is 1.90 bits per heavy atom. The number of hydrogen-bond donors (Lipinski definition) is 1. The fourth-order valence-corrected chi connectivity index (χ4v) is 3.57. The highest BCUT2D eigenvalue weighted by Gasteiger charge is 2.22. The molecule has 0 unspecified atom stereocenters. The molecular weight excluding hydrogens is 278 g/mol. The molecule has 2 nitrogen and oxygen atoms in total. The van der Waals surface area contributed by atoms with Gasteiger partial charge in [0, 0.05) is 4.90 Å². The molecule has 0 radical (unpaired) electrons. The van der Waals surface area contributed by atoms with Crippen molar-refractivity contribution in [2.75, 3.05) is 6.26 Å². The lowest BCUT2D eigenvalue weighted by Crippen LogP contribution is -2.31. The summed E-state index contributed by atoms with van der Waals surface area (Å²) in [4.78, 5) is 13.6. The number of nitrogens with one attached hydrogen (secondary N) is 1. The van der Waals surface area contributed by atoms with Crippen molar-refractivity contribution in [3.63, 3.8) is 0 Å². The van der Waals surface area contributed by atoms with E-state index in [1.54, 1.807) is 11.8 Å². The van der Waals surface area contributed by atoms with E-state index in [0.717, 1.165) is 29.7 Å². The molecule has 0 saturated carbocycles. The van der Waals surface area contributed by atoms with E-state index >= 15 is 0 Å². The normalized spacial score (nSPS) is 17.1. The van der Waals surface area contributed by atoms with Crippen molar-refractivity contribution in [1.82, 2.24) is 5.32 Å². The molecule has 1 aliphatic carbocycles. The van der Waals surface area contributed by atoms with Gasteiger partial charge >= 0.3 is 0 Å². The van der Waals surface area contributed by atoms with Gasteiger partial charge in [0.1, 0.15) is 0 Å². The number of hydrogen-bond acceptors (Lipinski definition) is 2. The maximum atomic E-state index is 12.6. The average Bonchev–Trinajstić information content (AvgIpc) is 2.55. The Morgan fingerprint density at radius 3 is 2.76 bits per heavy atom. The van der Waals surface area contributed by atoms with Gasteiger partial charge in [-0.3, -0.25) is 4.79 Å². The summed E-state index contributed by atoms with van der Waals surface area (Å²) in [6.07, 6.45) is 5.27. The largest absolute Gasteiger partial charge is 0.345 e. The second-order valence-corrected chi connectivity index (χ2v) is 6.17. The van der Waals surface area contributed by atoms with Crippen molar-refractivity contribution in [2.24, 2.45) is 0 Å². The molecule has 0 aromatic heterocycles. The van der Waals surface area contributed by atoms with Gasteiger partial charge in [-0.05, 0) is 48.8 Å². The molecule has 0 spiro atoms. The van der Waals surface area contributed by atoms with Crippen LogP contribution in [0.4, 0.5) is 0 Å². The number of rotatable bonds is 3. The van der Waals surface area contributed by atoms with Crippen LogP contribution in [-0.4, -0.2) is 12.2 Å². The van der Waals surface area contributed by atoms with E-state index in [0.29, 0.717) is 0 Å². The third-order valence-electron chi connectivity index (χ3n) is 4.03. The summed E-state index contributed by atoms with van der Waals surface area (Å²) in [5, 5.41) is 3.21. The molecule has 0 fully saturated rings. The summed E-state index contributed by atoms with van der Waals surface area (Å²) >= 11 is 1.61. The molecule has 1 atom stereocenters. The van der Waals surface area contributed by atoms with Crippen LogP contribution in [-0.2, 0) is 6.42 Å². The zero-order valence-corrected chi connectivity index (χ0v) is 13.0. The van der Waals surface area contributed by atoms with Gasteiger partial charge in [0.05, 0.1) is 11.6 Å². The highest BCUT2D eigenvalue weighted by Crippen LogP contribution is 2.30. The number of thioether (sulfide) groups is 1.